The van der Waals surface area contributed by atoms with Crippen molar-refractivity contribution in [1.29, 1.82) is 0 Å². The molecule has 1 heterocycles. The first-order valence-electron chi connectivity index (χ1n) is 5.84. The molecule has 0 saturated carbocycles. The Kier molecular flexibility index (Phi) is 4.87. The van der Waals surface area contributed by atoms with Crippen LogP contribution in [-0.2, 0) is 13.2 Å². The van der Waals surface area contributed by atoms with Crippen LogP contribution in [0.1, 0.15) is 11.3 Å². The van der Waals surface area contributed by atoms with Gasteiger partial charge in [-0.3, -0.25) is 4.98 Å². The Morgan fingerprint density at radius 3 is 2.79 bits per heavy atom. The summed E-state index contributed by atoms with van der Waals surface area (Å²) in [5.74, 6) is 0.148. The van der Waals surface area contributed by atoms with Gasteiger partial charge in [0.2, 0.25) is 0 Å². The molecule has 100 valence electrons. The summed E-state index contributed by atoms with van der Waals surface area (Å²) in [5, 5.41) is 3.06. The molecule has 0 aliphatic rings. The lowest BCUT2D eigenvalue weighted by Gasteiger charge is -2.07. The Morgan fingerprint density at radius 2 is 2.16 bits per heavy atom. The number of pyridine rings is 1. The second kappa shape index (κ2) is 6.63. The Hall–Kier alpha value is -1.46. The summed E-state index contributed by atoms with van der Waals surface area (Å²) in [6.45, 7) is 1.10. The molecule has 0 aliphatic heterocycles. The van der Waals surface area contributed by atoms with Crippen molar-refractivity contribution >= 4 is 15.9 Å². The highest BCUT2D eigenvalue weighted by atomic mass is 79.9. The molecule has 0 bridgehead atoms. The highest BCUT2D eigenvalue weighted by Crippen LogP contribution is 2.21. The molecule has 1 N–H and O–H groups in total. The molecular weight excluding hydrogens is 311 g/mol. The zero-order chi connectivity index (χ0) is 13.7. The number of hydrogen-bond acceptors (Lipinski definition) is 3. The predicted molar refractivity (Wildman–Crippen MR) is 75.4 cm³/mol. The second-order valence-corrected chi connectivity index (χ2v) is 5.00. The molecule has 0 spiro atoms. The Balaban J connectivity index is 1.98. The average molecular weight is 325 g/mol. The van der Waals surface area contributed by atoms with E-state index in [1.165, 1.54) is 12.1 Å². The van der Waals surface area contributed by atoms with Crippen LogP contribution in [0.25, 0.3) is 0 Å². The van der Waals surface area contributed by atoms with E-state index in [1.807, 2.05) is 19.2 Å². The van der Waals surface area contributed by atoms with Crippen LogP contribution < -0.4 is 10.1 Å². The van der Waals surface area contributed by atoms with Gasteiger partial charge in [-0.25, -0.2) is 4.39 Å². The highest BCUT2D eigenvalue weighted by molar-refractivity contribution is 9.10. The lowest BCUT2D eigenvalue weighted by atomic mass is 10.2. The van der Waals surface area contributed by atoms with Gasteiger partial charge in [0, 0.05) is 23.3 Å². The van der Waals surface area contributed by atoms with Crippen LogP contribution >= 0.6 is 15.9 Å². The predicted octanol–water partition coefficient (Wildman–Crippen LogP) is 3.28. The molecule has 1 aromatic heterocycles. The van der Waals surface area contributed by atoms with E-state index >= 15 is 0 Å². The molecule has 1 aromatic carbocycles. The summed E-state index contributed by atoms with van der Waals surface area (Å²) in [6, 6.07) is 8.35. The third-order valence-corrected chi connectivity index (χ3v) is 2.95. The molecule has 0 aliphatic carbocycles. The fourth-order valence-electron chi connectivity index (χ4n) is 1.62. The van der Waals surface area contributed by atoms with Crippen molar-refractivity contribution < 1.29 is 9.13 Å². The van der Waals surface area contributed by atoms with Gasteiger partial charge in [0.25, 0.3) is 0 Å². The number of nitrogens with one attached hydrogen (secondary N) is 1. The summed E-state index contributed by atoms with van der Waals surface area (Å²) in [6.07, 6.45) is 1.80. The quantitative estimate of drug-likeness (QED) is 0.916. The van der Waals surface area contributed by atoms with Crippen LogP contribution in [0.2, 0.25) is 0 Å². The number of ether oxygens (including phenoxy) is 1. The average Bonchev–Trinajstić information content (AvgIpc) is 2.37. The first kappa shape index (κ1) is 14.0. The third-order valence-electron chi connectivity index (χ3n) is 2.49. The fourth-order valence-corrected chi connectivity index (χ4v) is 2.06. The normalized spacial score (nSPS) is 10.5. The third kappa shape index (κ3) is 4.29. The maximum absolute atomic E-state index is 13.2. The van der Waals surface area contributed by atoms with Crippen LogP contribution in [0.3, 0.4) is 0 Å². The molecule has 19 heavy (non-hydrogen) atoms. The Morgan fingerprint density at radius 1 is 1.32 bits per heavy atom. The molecule has 0 amide bonds. The van der Waals surface area contributed by atoms with Crippen molar-refractivity contribution in [1.82, 2.24) is 10.3 Å². The van der Waals surface area contributed by atoms with E-state index in [0.717, 1.165) is 17.8 Å². The Bertz CT molecular complexity index is 525. The molecule has 0 saturated heterocycles. The molecule has 3 nitrogen and oxygen atoms in total. The zero-order valence-corrected chi connectivity index (χ0v) is 12.1. The van der Waals surface area contributed by atoms with Gasteiger partial charge in [0.1, 0.15) is 18.2 Å². The van der Waals surface area contributed by atoms with Gasteiger partial charge in [-0.1, -0.05) is 22.0 Å². The molecule has 0 fully saturated rings. The molecular formula is C14H14BrFN2O. The monoisotopic (exact) mass is 324 g/mol. The van der Waals surface area contributed by atoms with E-state index in [2.05, 4.69) is 26.2 Å². The van der Waals surface area contributed by atoms with Gasteiger partial charge in [0.05, 0.1) is 5.69 Å². The number of halogens is 2. The first-order chi connectivity index (χ1) is 9.17. The van der Waals surface area contributed by atoms with Crippen LogP contribution in [-0.4, -0.2) is 12.0 Å². The van der Waals surface area contributed by atoms with Gasteiger partial charge < -0.3 is 10.1 Å². The van der Waals surface area contributed by atoms with Gasteiger partial charge in [-0.05, 0) is 30.8 Å². The van der Waals surface area contributed by atoms with Crippen molar-refractivity contribution in [3.8, 4) is 5.75 Å². The van der Waals surface area contributed by atoms with E-state index in [0.29, 0.717) is 16.8 Å². The summed E-state index contributed by atoms with van der Waals surface area (Å²) in [4.78, 5) is 4.29. The van der Waals surface area contributed by atoms with Crippen molar-refractivity contribution in [2.45, 2.75) is 13.2 Å². The summed E-state index contributed by atoms with van der Waals surface area (Å²) in [7, 11) is 1.89. The SMILES string of the molecule is CNCc1ccc(COc2cc(F)cc(Br)c2)nc1. The number of hydrogen-bond donors (Lipinski definition) is 1. The molecule has 0 atom stereocenters. The zero-order valence-electron chi connectivity index (χ0n) is 10.5. The number of nitrogens with zero attached hydrogens (tertiary/aromatic N) is 1. The second-order valence-electron chi connectivity index (χ2n) is 4.08. The van der Waals surface area contributed by atoms with Crippen LogP contribution in [0.5, 0.6) is 5.75 Å². The van der Waals surface area contributed by atoms with E-state index in [9.17, 15) is 4.39 Å². The minimum atomic E-state index is -0.332. The topological polar surface area (TPSA) is 34.1 Å². The molecule has 0 radical (unpaired) electrons. The van der Waals surface area contributed by atoms with Gasteiger partial charge in [-0.15, -0.1) is 0 Å². The summed E-state index contributed by atoms with van der Waals surface area (Å²) < 4.78 is 19.3. The molecule has 5 heteroatoms. The van der Waals surface area contributed by atoms with Gasteiger partial charge in [0.15, 0.2) is 0 Å². The highest BCUT2D eigenvalue weighted by Gasteiger charge is 2.02. The lowest BCUT2D eigenvalue weighted by molar-refractivity contribution is 0.299. The van der Waals surface area contributed by atoms with Crippen LogP contribution in [0.4, 0.5) is 4.39 Å². The van der Waals surface area contributed by atoms with Crippen LogP contribution in [0.15, 0.2) is 41.0 Å². The maximum atomic E-state index is 13.2. The van der Waals surface area contributed by atoms with Gasteiger partial charge in [-0.2, -0.15) is 0 Å². The van der Waals surface area contributed by atoms with Gasteiger partial charge >= 0.3 is 0 Å². The largest absolute Gasteiger partial charge is 0.487 e. The van der Waals surface area contributed by atoms with Crippen LogP contribution in [0, 0.1) is 5.82 Å². The van der Waals surface area contributed by atoms with Crippen molar-refractivity contribution in [2.24, 2.45) is 0 Å². The lowest BCUT2D eigenvalue weighted by Crippen LogP contribution is -2.06. The van der Waals surface area contributed by atoms with Crippen molar-refractivity contribution in [3.05, 3.63) is 58.1 Å². The van der Waals surface area contributed by atoms with Crippen molar-refractivity contribution in [3.63, 3.8) is 0 Å². The number of benzene rings is 1. The minimum Gasteiger partial charge on any atom is -0.487 e. The van der Waals surface area contributed by atoms with E-state index in [1.54, 1.807) is 12.3 Å². The number of aromatic nitrogens is 1. The van der Waals surface area contributed by atoms with E-state index in [-0.39, 0.29) is 5.82 Å². The smallest absolute Gasteiger partial charge is 0.130 e. The van der Waals surface area contributed by atoms with Crippen molar-refractivity contribution in [2.75, 3.05) is 7.05 Å². The summed E-state index contributed by atoms with van der Waals surface area (Å²) in [5.41, 5.74) is 1.92. The fraction of sp³-hybridized carbons (Fsp3) is 0.214. The number of rotatable bonds is 5. The standard InChI is InChI=1S/C14H14BrFN2O/c1-17-7-10-2-3-13(18-8-10)9-19-14-5-11(15)4-12(16)6-14/h2-6,8,17H,7,9H2,1H3. The minimum absolute atomic E-state index is 0.315. The summed E-state index contributed by atoms with van der Waals surface area (Å²) >= 11 is 3.22. The van der Waals surface area contributed by atoms with E-state index < -0.39 is 0 Å². The first-order valence-corrected chi connectivity index (χ1v) is 6.64. The Labute approximate surface area is 119 Å². The van der Waals surface area contributed by atoms with E-state index in [4.69, 9.17) is 4.74 Å². The molecule has 0 unspecified atom stereocenters. The molecule has 2 rings (SSSR count). The molecule has 2 aromatic rings. The maximum Gasteiger partial charge on any atom is 0.130 e.